The summed E-state index contributed by atoms with van der Waals surface area (Å²) in [6.45, 7) is 4.17. The van der Waals surface area contributed by atoms with Crippen LogP contribution in [0.15, 0.2) is 17.9 Å². The summed E-state index contributed by atoms with van der Waals surface area (Å²) in [4.78, 5) is 4.20. The predicted molar refractivity (Wildman–Crippen MR) is 58.1 cm³/mol. The molecule has 0 aliphatic heterocycles. The van der Waals surface area contributed by atoms with Crippen LogP contribution in [-0.4, -0.2) is 14.8 Å². The van der Waals surface area contributed by atoms with E-state index in [0.29, 0.717) is 6.04 Å². The van der Waals surface area contributed by atoms with Gasteiger partial charge in [0.2, 0.25) is 0 Å². The minimum absolute atomic E-state index is 0.364. The first-order valence-electron chi connectivity index (χ1n) is 4.42. The van der Waals surface area contributed by atoms with Gasteiger partial charge >= 0.3 is 0 Å². The highest BCUT2D eigenvalue weighted by molar-refractivity contribution is 7.14. The monoisotopic (exact) mass is 208 g/mol. The molecule has 0 saturated heterocycles. The number of nitrogen functional groups attached to an aromatic ring is 1. The van der Waals surface area contributed by atoms with Crippen LogP contribution in [0.1, 0.15) is 19.9 Å². The molecule has 0 aliphatic carbocycles. The summed E-state index contributed by atoms with van der Waals surface area (Å²) in [6, 6.07) is 0.364. The van der Waals surface area contributed by atoms with Crippen LogP contribution >= 0.6 is 11.3 Å². The fourth-order valence-electron chi connectivity index (χ4n) is 1.21. The second kappa shape index (κ2) is 3.42. The molecule has 0 bridgehead atoms. The molecule has 14 heavy (non-hydrogen) atoms. The first-order valence-corrected chi connectivity index (χ1v) is 5.30. The molecule has 0 amide bonds. The van der Waals surface area contributed by atoms with E-state index in [4.69, 9.17) is 5.73 Å². The van der Waals surface area contributed by atoms with Gasteiger partial charge in [-0.1, -0.05) is 0 Å². The van der Waals surface area contributed by atoms with Crippen molar-refractivity contribution >= 4 is 16.3 Å². The lowest BCUT2D eigenvalue weighted by molar-refractivity contribution is 0.532. The molecule has 0 aromatic carbocycles. The van der Waals surface area contributed by atoms with Crippen LogP contribution in [0.2, 0.25) is 0 Å². The Labute approximate surface area is 86.4 Å². The highest BCUT2D eigenvalue weighted by Crippen LogP contribution is 2.27. The van der Waals surface area contributed by atoms with E-state index in [1.807, 2.05) is 10.9 Å². The molecule has 5 heteroatoms. The number of aromatic nitrogens is 3. The van der Waals surface area contributed by atoms with Crippen LogP contribution in [0.3, 0.4) is 0 Å². The van der Waals surface area contributed by atoms with Crippen molar-refractivity contribution in [2.45, 2.75) is 19.9 Å². The van der Waals surface area contributed by atoms with Gasteiger partial charge in [-0.3, -0.25) is 4.68 Å². The molecule has 2 heterocycles. The fraction of sp³-hybridized carbons (Fsp3) is 0.333. The molecule has 0 saturated carbocycles. The maximum atomic E-state index is 5.78. The molecule has 0 fully saturated rings. The first kappa shape index (κ1) is 9.21. The third kappa shape index (κ3) is 1.50. The van der Waals surface area contributed by atoms with E-state index in [-0.39, 0.29) is 0 Å². The standard InChI is InChI=1S/C9H12N4S/c1-6(2)13-4-7(3-12-13)8-9(10)14-5-11-8/h3-6H,10H2,1-2H3. The predicted octanol–water partition coefficient (Wildman–Crippen LogP) is 2.17. The maximum Gasteiger partial charge on any atom is 0.114 e. The largest absolute Gasteiger partial charge is 0.389 e. The summed E-state index contributed by atoms with van der Waals surface area (Å²) in [5.74, 6) is 0. The average molecular weight is 208 g/mol. The molecule has 2 rings (SSSR count). The Hall–Kier alpha value is -1.36. The lowest BCUT2D eigenvalue weighted by atomic mass is 10.3. The zero-order valence-electron chi connectivity index (χ0n) is 8.14. The number of nitrogens with zero attached hydrogens (tertiary/aromatic N) is 3. The van der Waals surface area contributed by atoms with Gasteiger partial charge < -0.3 is 5.73 Å². The minimum atomic E-state index is 0.364. The fourth-order valence-corrected chi connectivity index (χ4v) is 1.77. The summed E-state index contributed by atoms with van der Waals surface area (Å²) in [5, 5.41) is 4.98. The van der Waals surface area contributed by atoms with Gasteiger partial charge in [-0.15, -0.1) is 11.3 Å². The van der Waals surface area contributed by atoms with Gasteiger partial charge in [0.05, 0.1) is 11.7 Å². The van der Waals surface area contributed by atoms with Crippen molar-refractivity contribution in [3.8, 4) is 11.3 Å². The van der Waals surface area contributed by atoms with E-state index in [2.05, 4.69) is 23.9 Å². The molecular formula is C9H12N4S. The van der Waals surface area contributed by atoms with Crippen LogP contribution in [-0.2, 0) is 0 Å². The van der Waals surface area contributed by atoms with E-state index in [1.54, 1.807) is 11.7 Å². The van der Waals surface area contributed by atoms with Crippen molar-refractivity contribution in [3.63, 3.8) is 0 Å². The van der Waals surface area contributed by atoms with Gasteiger partial charge in [0, 0.05) is 17.8 Å². The Morgan fingerprint density at radius 1 is 1.50 bits per heavy atom. The second-order valence-electron chi connectivity index (χ2n) is 3.37. The third-order valence-electron chi connectivity index (χ3n) is 2.00. The highest BCUT2D eigenvalue weighted by Gasteiger charge is 2.08. The lowest BCUT2D eigenvalue weighted by Gasteiger charge is -2.02. The summed E-state index contributed by atoms with van der Waals surface area (Å²) >= 11 is 1.45. The summed E-state index contributed by atoms with van der Waals surface area (Å²) in [7, 11) is 0. The number of rotatable bonds is 2. The van der Waals surface area contributed by atoms with Crippen molar-refractivity contribution in [1.29, 1.82) is 0 Å². The maximum absolute atomic E-state index is 5.78. The molecule has 0 radical (unpaired) electrons. The van der Waals surface area contributed by atoms with Crippen molar-refractivity contribution < 1.29 is 0 Å². The smallest absolute Gasteiger partial charge is 0.114 e. The Morgan fingerprint density at radius 3 is 2.79 bits per heavy atom. The average Bonchev–Trinajstić information content (AvgIpc) is 2.71. The van der Waals surface area contributed by atoms with Crippen molar-refractivity contribution in [2.75, 3.05) is 5.73 Å². The van der Waals surface area contributed by atoms with Gasteiger partial charge in [-0.25, -0.2) is 4.98 Å². The summed E-state index contributed by atoms with van der Waals surface area (Å²) < 4.78 is 1.90. The molecular weight excluding hydrogens is 196 g/mol. The number of thiazole rings is 1. The third-order valence-corrected chi connectivity index (χ3v) is 2.66. The zero-order valence-corrected chi connectivity index (χ0v) is 8.95. The Bertz CT molecular complexity index is 429. The Kier molecular flexibility index (Phi) is 2.25. The van der Waals surface area contributed by atoms with E-state index >= 15 is 0 Å². The van der Waals surface area contributed by atoms with E-state index in [1.165, 1.54) is 11.3 Å². The molecule has 0 atom stereocenters. The van der Waals surface area contributed by atoms with Gasteiger partial charge in [0.25, 0.3) is 0 Å². The molecule has 0 spiro atoms. The zero-order chi connectivity index (χ0) is 10.1. The number of hydrogen-bond donors (Lipinski definition) is 1. The van der Waals surface area contributed by atoms with Crippen molar-refractivity contribution in [3.05, 3.63) is 17.9 Å². The van der Waals surface area contributed by atoms with Crippen LogP contribution in [0, 0.1) is 0 Å². The summed E-state index contributed by atoms with van der Waals surface area (Å²) in [5.41, 5.74) is 9.34. The topological polar surface area (TPSA) is 56.7 Å². The van der Waals surface area contributed by atoms with E-state index < -0.39 is 0 Å². The van der Waals surface area contributed by atoms with Gasteiger partial charge in [-0.05, 0) is 13.8 Å². The lowest BCUT2D eigenvalue weighted by Crippen LogP contribution is -1.99. The van der Waals surface area contributed by atoms with Crippen molar-refractivity contribution in [1.82, 2.24) is 14.8 Å². The van der Waals surface area contributed by atoms with Crippen LogP contribution in [0.4, 0.5) is 5.00 Å². The highest BCUT2D eigenvalue weighted by atomic mass is 32.1. The van der Waals surface area contributed by atoms with E-state index in [0.717, 1.165) is 16.3 Å². The molecule has 2 N–H and O–H groups in total. The van der Waals surface area contributed by atoms with Crippen LogP contribution in [0.5, 0.6) is 0 Å². The quantitative estimate of drug-likeness (QED) is 0.822. The van der Waals surface area contributed by atoms with Gasteiger partial charge in [0.1, 0.15) is 10.7 Å². The molecule has 0 unspecified atom stereocenters. The van der Waals surface area contributed by atoms with Crippen molar-refractivity contribution in [2.24, 2.45) is 0 Å². The Balaban J connectivity index is 2.39. The summed E-state index contributed by atoms with van der Waals surface area (Å²) in [6.07, 6.45) is 3.77. The Morgan fingerprint density at radius 2 is 2.29 bits per heavy atom. The molecule has 4 nitrogen and oxygen atoms in total. The van der Waals surface area contributed by atoms with Gasteiger partial charge in [0.15, 0.2) is 0 Å². The van der Waals surface area contributed by atoms with Crippen LogP contribution in [0.25, 0.3) is 11.3 Å². The van der Waals surface area contributed by atoms with E-state index in [9.17, 15) is 0 Å². The normalized spacial score (nSPS) is 11.1. The van der Waals surface area contributed by atoms with Gasteiger partial charge in [-0.2, -0.15) is 5.10 Å². The molecule has 0 aliphatic rings. The molecule has 2 aromatic rings. The number of hydrogen-bond acceptors (Lipinski definition) is 4. The number of anilines is 1. The SMILES string of the molecule is CC(C)n1cc(-c2ncsc2N)cn1. The second-order valence-corrected chi connectivity index (χ2v) is 4.25. The molecule has 74 valence electrons. The minimum Gasteiger partial charge on any atom is -0.389 e. The number of nitrogens with two attached hydrogens (primary N) is 1. The first-order chi connectivity index (χ1) is 6.68. The molecule has 2 aromatic heterocycles. The van der Waals surface area contributed by atoms with Crippen LogP contribution < -0.4 is 5.73 Å².